The Bertz CT molecular complexity index is 317. The topological polar surface area (TPSA) is 52.3 Å². The molecule has 15 heavy (non-hydrogen) atoms. The maximum absolute atomic E-state index is 14.2. The fraction of sp³-hybridized carbons (Fsp3) is 0.545. The van der Waals surface area contributed by atoms with Crippen molar-refractivity contribution in [1.29, 1.82) is 0 Å². The van der Waals surface area contributed by atoms with Gasteiger partial charge in [0.15, 0.2) is 0 Å². The first-order valence-corrected chi connectivity index (χ1v) is 4.80. The average molecular weight is 213 g/mol. The molecule has 0 heterocycles. The summed E-state index contributed by atoms with van der Waals surface area (Å²) in [5.74, 6) is -0.942. The summed E-state index contributed by atoms with van der Waals surface area (Å²) in [6.07, 6.45) is 5.62. The lowest BCUT2D eigenvalue weighted by Crippen LogP contribution is -2.51. The molecule has 0 aromatic carbocycles. The van der Waals surface area contributed by atoms with Crippen LogP contribution in [0.3, 0.4) is 0 Å². The zero-order valence-electron chi connectivity index (χ0n) is 9.16. The summed E-state index contributed by atoms with van der Waals surface area (Å²) >= 11 is 0. The van der Waals surface area contributed by atoms with Crippen LogP contribution in [0, 0.1) is 0 Å². The third kappa shape index (κ3) is 2.65. The number of carbonyl (C=O) groups excluding carboxylic acids is 1. The Balaban J connectivity index is 2.83. The molecule has 0 saturated carbocycles. The van der Waals surface area contributed by atoms with Crippen molar-refractivity contribution in [2.75, 3.05) is 0 Å². The molecule has 84 valence electrons. The normalized spacial score (nSPS) is 30.3. The molecule has 1 aliphatic carbocycles. The minimum absolute atomic E-state index is 0.717. The molecule has 2 unspecified atom stereocenters. The Morgan fingerprint density at radius 1 is 1.47 bits per heavy atom. The molecule has 3 nitrogen and oxygen atoms in total. The highest BCUT2D eigenvalue weighted by Crippen LogP contribution is 2.25. The van der Waals surface area contributed by atoms with Gasteiger partial charge in [0.05, 0.1) is 6.04 Å². The van der Waals surface area contributed by atoms with Crippen molar-refractivity contribution in [1.82, 2.24) is 0 Å². The highest BCUT2D eigenvalue weighted by atomic mass is 19.1. The van der Waals surface area contributed by atoms with Crippen molar-refractivity contribution in [2.45, 2.75) is 38.1 Å². The van der Waals surface area contributed by atoms with E-state index in [-0.39, 0.29) is 0 Å². The second-order valence-electron chi connectivity index (χ2n) is 4.54. The van der Waals surface area contributed by atoms with Gasteiger partial charge < -0.3 is 10.5 Å². The van der Waals surface area contributed by atoms with Crippen LogP contribution in [-0.4, -0.2) is 23.3 Å². The predicted molar refractivity (Wildman–Crippen MR) is 55.9 cm³/mol. The van der Waals surface area contributed by atoms with E-state index in [4.69, 9.17) is 10.5 Å². The highest BCUT2D eigenvalue weighted by molar-refractivity contribution is 5.84. The summed E-state index contributed by atoms with van der Waals surface area (Å²) in [7, 11) is 0. The van der Waals surface area contributed by atoms with Crippen LogP contribution in [0.15, 0.2) is 24.3 Å². The van der Waals surface area contributed by atoms with Gasteiger partial charge >= 0.3 is 5.97 Å². The second kappa shape index (κ2) is 3.77. The minimum atomic E-state index is -2.25. The maximum Gasteiger partial charge on any atom is 0.350 e. The van der Waals surface area contributed by atoms with Crippen molar-refractivity contribution in [3.8, 4) is 0 Å². The van der Waals surface area contributed by atoms with Gasteiger partial charge in [0.1, 0.15) is 5.60 Å². The van der Waals surface area contributed by atoms with Crippen LogP contribution in [-0.2, 0) is 9.53 Å². The number of nitrogens with two attached hydrogens (primary N) is 1. The predicted octanol–water partition coefficient (Wildman–Crippen LogP) is 1.49. The first-order valence-electron chi connectivity index (χ1n) is 4.80. The fourth-order valence-electron chi connectivity index (χ4n) is 1.19. The summed E-state index contributed by atoms with van der Waals surface area (Å²) in [4.78, 5) is 11.6. The zero-order chi connectivity index (χ0) is 11.7. The van der Waals surface area contributed by atoms with E-state index < -0.39 is 23.3 Å². The fourth-order valence-corrected chi connectivity index (χ4v) is 1.19. The van der Waals surface area contributed by atoms with Gasteiger partial charge in [-0.25, -0.2) is 9.18 Å². The molecule has 0 radical (unpaired) electrons. The third-order valence-electron chi connectivity index (χ3n) is 1.97. The molecule has 0 aliphatic heterocycles. The van der Waals surface area contributed by atoms with Crippen LogP contribution in [0.2, 0.25) is 0 Å². The van der Waals surface area contributed by atoms with E-state index in [1.54, 1.807) is 26.8 Å². The van der Waals surface area contributed by atoms with E-state index >= 15 is 0 Å². The Hall–Kier alpha value is -1.16. The van der Waals surface area contributed by atoms with Crippen LogP contribution in [0.1, 0.15) is 20.8 Å². The maximum atomic E-state index is 14.2. The molecule has 0 amide bonds. The smallest absolute Gasteiger partial charge is 0.350 e. The number of ether oxygens (including phenoxy) is 1. The van der Waals surface area contributed by atoms with Gasteiger partial charge in [0, 0.05) is 0 Å². The van der Waals surface area contributed by atoms with Crippen LogP contribution >= 0.6 is 0 Å². The quantitative estimate of drug-likeness (QED) is 0.671. The number of rotatable bonds is 1. The lowest BCUT2D eigenvalue weighted by atomic mass is 9.92. The zero-order valence-corrected chi connectivity index (χ0v) is 9.16. The molecule has 1 aliphatic rings. The molecule has 0 saturated heterocycles. The Morgan fingerprint density at radius 2 is 2.07 bits per heavy atom. The summed E-state index contributed by atoms with van der Waals surface area (Å²) in [5, 5.41) is 0. The summed E-state index contributed by atoms with van der Waals surface area (Å²) < 4.78 is 19.1. The number of halogens is 1. The molecule has 0 aromatic heterocycles. The molecule has 0 bridgehead atoms. The first-order chi connectivity index (χ1) is 6.76. The van der Waals surface area contributed by atoms with Gasteiger partial charge in [-0.05, 0) is 26.8 Å². The minimum Gasteiger partial charge on any atom is -0.457 e. The molecule has 0 spiro atoms. The molecule has 0 fully saturated rings. The van der Waals surface area contributed by atoms with Gasteiger partial charge in [-0.1, -0.05) is 18.2 Å². The van der Waals surface area contributed by atoms with Gasteiger partial charge in [0.2, 0.25) is 5.67 Å². The van der Waals surface area contributed by atoms with Crippen LogP contribution < -0.4 is 5.73 Å². The lowest BCUT2D eigenvalue weighted by molar-refractivity contribution is -0.166. The third-order valence-corrected chi connectivity index (χ3v) is 1.97. The van der Waals surface area contributed by atoms with E-state index in [0.717, 1.165) is 6.08 Å². The summed E-state index contributed by atoms with van der Waals surface area (Å²) in [6.45, 7) is 5.05. The summed E-state index contributed by atoms with van der Waals surface area (Å²) in [5.41, 5.74) is 2.55. The van der Waals surface area contributed by atoms with Crippen molar-refractivity contribution < 1.29 is 13.9 Å². The molecule has 2 N–H and O–H groups in total. The van der Waals surface area contributed by atoms with E-state index in [1.165, 1.54) is 12.2 Å². The van der Waals surface area contributed by atoms with Crippen LogP contribution in [0.4, 0.5) is 4.39 Å². The monoisotopic (exact) mass is 213 g/mol. The van der Waals surface area contributed by atoms with Gasteiger partial charge in [-0.2, -0.15) is 0 Å². The average Bonchev–Trinajstić information content (AvgIpc) is 2.07. The Kier molecular flexibility index (Phi) is 3.00. The highest BCUT2D eigenvalue weighted by Gasteiger charge is 2.45. The number of carbonyl (C=O) groups is 1. The van der Waals surface area contributed by atoms with Gasteiger partial charge in [-0.15, -0.1) is 0 Å². The number of esters is 1. The Labute approximate surface area is 88.8 Å². The number of hydrogen-bond acceptors (Lipinski definition) is 3. The summed E-state index contributed by atoms with van der Waals surface area (Å²) in [6, 6.07) is -0.989. The van der Waals surface area contributed by atoms with Crippen LogP contribution in [0.5, 0.6) is 0 Å². The second-order valence-corrected chi connectivity index (χ2v) is 4.54. The molecule has 4 heteroatoms. The SMILES string of the molecule is CC(C)(C)OC(=O)C1(F)C=CC=CC1N. The van der Waals surface area contributed by atoms with Crippen molar-refractivity contribution in [3.63, 3.8) is 0 Å². The van der Waals surface area contributed by atoms with E-state index in [1.807, 2.05) is 0 Å². The van der Waals surface area contributed by atoms with Crippen LogP contribution in [0.25, 0.3) is 0 Å². The Morgan fingerprint density at radius 3 is 2.53 bits per heavy atom. The van der Waals surface area contributed by atoms with E-state index in [9.17, 15) is 9.18 Å². The molecule has 0 aromatic rings. The van der Waals surface area contributed by atoms with Crippen molar-refractivity contribution in [3.05, 3.63) is 24.3 Å². The molecular formula is C11H16FNO2. The molecular weight excluding hydrogens is 197 g/mol. The standard InChI is InChI=1S/C11H16FNO2/c1-10(2,3)15-9(14)11(12)7-5-4-6-8(11)13/h4-8H,13H2,1-3H3. The number of allylic oxidation sites excluding steroid dienone is 2. The number of alkyl halides is 1. The van der Waals surface area contributed by atoms with Gasteiger partial charge in [-0.3, -0.25) is 0 Å². The van der Waals surface area contributed by atoms with Crippen molar-refractivity contribution in [2.24, 2.45) is 5.73 Å². The van der Waals surface area contributed by atoms with E-state index in [2.05, 4.69) is 0 Å². The lowest BCUT2D eigenvalue weighted by Gasteiger charge is -2.30. The van der Waals surface area contributed by atoms with Gasteiger partial charge in [0.25, 0.3) is 0 Å². The van der Waals surface area contributed by atoms with Crippen molar-refractivity contribution >= 4 is 5.97 Å². The largest absolute Gasteiger partial charge is 0.457 e. The molecule has 2 atom stereocenters. The number of hydrogen-bond donors (Lipinski definition) is 1. The molecule has 1 rings (SSSR count). The first kappa shape index (κ1) is 11.9. The van der Waals surface area contributed by atoms with E-state index in [0.29, 0.717) is 0 Å².